The third-order valence-corrected chi connectivity index (χ3v) is 2.78. The van der Waals surface area contributed by atoms with Gasteiger partial charge in [-0.3, -0.25) is 0 Å². The van der Waals surface area contributed by atoms with E-state index in [-0.39, 0.29) is 0 Å². The van der Waals surface area contributed by atoms with Gasteiger partial charge in [0.25, 0.3) is 0 Å². The van der Waals surface area contributed by atoms with Gasteiger partial charge in [-0.15, -0.1) is 0 Å². The second-order valence-electron chi connectivity index (χ2n) is 4.54. The summed E-state index contributed by atoms with van der Waals surface area (Å²) in [5.74, 6) is 0. The highest BCUT2D eigenvalue weighted by Gasteiger charge is 1.97. The Morgan fingerprint density at radius 1 is 1.00 bits per heavy atom. The predicted molar refractivity (Wildman–Crippen MR) is 70.8 cm³/mol. The maximum absolute atomic E-state index is 3.44. The molecule has 0 saturated heterocycles. The van der Waals surface area contributed by atoms with Crippen LogP contribution in [-0.4, -0.2) is 12.6 Å². The molecule has 0 bridgehead atoms. The van der Waals surface area contributed by atoms with Crippen LogP contribution >= 0.6 is 0 Å². The van der Waals surface area contributed by atoms with E-state index in [2.05, 4.69) is 61.6 Å². The van der Waals surface area contributed by atoms with Crippen LogP contribution in [0.3, 0.4) is 0 Å². The van der Waals surface area contributed by atoms with Gasteiger partial charge in [0, 0.05) is 6.04 Å². The number of rotatable bonds is 4. The first-order valence-electron chi connectivity index (χ1n) is 5.97. The van der Waals surface area contributed by atoms with Crippen molar-refractivity contribution < 1.29 is 0 Å². The molecular weight excluding hydrogens is 194 g/mol. The van der Waals surface area contributed by atoms with E-state index in [1.807, 2.05) is 0 Å². The monoisotopic (exact) mass is 213 g/mol. The second kappa shape index (κ2) is 5.13. The van der Waals surface area contributed by atoms with E-state index in [0.29, 0.717) is 6.04 Å². The highest BCUT2D eigenvalue weighted by Crippen LogP contribution is 2.15. The van der Waals surface area contributed by atoms with Gasteiger partial charge in [-0.2, -0.15) is 0 Å². The Balaban J connectivity index is 2.08. The van der Waals surface area contributed by atoms with E-state index in [0.717, 1.165) is 13.0 Å². The minimum absolute atomic E-state index is 0.570. The van der Waals surface area contributed by atoms with Gasteiger partial charge >= 0.3 is 0 Å². The van der Waals surface area contributed by atoms with E-state index in [1.165, 1.54) is 16.3 Å². The van der Waals surface area contributed by atoms with Crippen LogP contribution in [0, 0.1) is 0 Å². The van der Waals surface area contributed by atoms with Crippen molar-refractivity contribution in [3.8, 4) is 0 Å². The lowest BCUT2D eigenvalue weighted by atomic mass is 10.1. The molecule has 0 atom stereocenters. The zero-order valence-electron chi connectivity index (χ0n) is 10.0. The van der Waals surface area contributed by atoms with E-state index in [4.69, 9.17) is 0 Å². The summed E-state index contributed by atoms with van der Waals surface area (Å²) in [4.78, 5) is 0. The lowest BCUT2D eigenvalue weighted by molar-refractivity contribution is 0.590. The van der Waals surface area contributed by atoms with Gasteiger partial charge in [0.05, 0.1) is 0 Å². The molecule has 1 heteroatoms. The molecule has 0 saturated carbocycles. The van der Waals surface area contributed by atoms with Crippen molar-refractivity contribution in [1.29, 1.82) is 0 Å². The smallest absolute Gasteiger partial charge is 0.00105 e. The minimum Gasteiger partial charge on any atom is -0.314 e. The van der Waals surface area contributed by atoms with E-state index >= 15 is 0 Å². The molecule has 1 N–H and O–H groups in total. The Morgan fingerprint density at radius 2 is 1.75 bits per heavy atom. The van der Waals surface area contributed by atoms with Gasteiger partial charge < -0.3 is 5.32 Å². The molecular formula is C15H19N. The number of hydrogen-bond acceptors (Lipinski definition) is 1. The van der Waals surface area contributed by atoms with Crippen LogP contribution in [0.5, 0.6) is 0 Å². The summed E-state index contributed by atoms with van der Waals surface area (Å²) < 4.78 is 0. The molecule has 0 aliphatic heterocycles. The van der Waals surface area contributed by atoms with Crippen LogP contribution in [0.2, 0.25) is 0 Å². The van der Waals surface area contributed by atoms with Gasteiger partial charge in [0.1, 0.15) is 0 Å². The summed E-state index contributed by atoms with van der Waals surface area (Å²) in [5.41, 5.74) is 1.41. The maximum Gasteiger partial charge on any atom is 0.00105 e. The van der Waals surface area contributed by atoms with Crippen LogP contribution < -0.4 is 5.32 Å². The molecule has 16 heavy (non-hydrogen) atoms. The second-order valence-corrected chi connectivity index (χ2v) is 4.54. The molecule has 0 aliphatic rings. The zero-order valence-corrected chi connectivity index (χ0v) is 10.0. The Bertz CT molecular complexity index is 460. The van der Waals surface area contributed by atoms with Crippen molar-refractivity contribution in [3.63, 3.8) is 0 Å². The molecule has 0 radical (unpaired) electrons. The number of fused-ring (bicyclic) bond motifs is 1. The quantitative estimate of drug-likeness (QED) is 0.821. The van der Waals surface area contributed by atoms with Gasteiger partial charge in [0.2, 0.25) is 0 Å². The molecule has 0 aromatic heterocycles. The van der Waals surface area contributed by atoms with Crippen molar-refractivity contribution in [2.75, 3.05) is 6.54 Å². The predicted octanol–water partition coefficient (Wildman–Crippen LogP) is 3.38. The van der Waals surface area contributed by atoms with E-state index < -0.39 is 0 Å². The Morgan fingerprint density at radius 3 is 2.50 bits per heavy atom. The summed E-state index contributed by atoms with van der Waals surface area (Å²) in [6, 6.07) is 15.8. The Kier molecular flexibility index (Phi) is 3.58. The van der Waals surface area contributed by atoms with E-state index in [1.54, 1.807) is 0 Å². The lowest BCUT2D eigenvalue weighted by Crippen LogP contribution is -2.24. The average Bonchev–Trinajstić information content (AvgIpc) is 2.28. The normalized spacial score (nSPS) is 11.2. The summed E-state index contributed by atoms with van der Waals surface area (Å²) in [6.45, 7) is 5.41. The van der Waals surface area contributed by atoms with Crippen molar-refractivity contribution in [1.82, 2.24) is 5.32 Å². The van der Waals surface area contributed by atoms with Crippen molar-refractivity contribution in [2.45, 2.75) is 26.3 Å². The first-order chi connectivity index (χ1) is 7.75. The topological polar surface area (TPSA) is 12.0 Å². The minimum atomic E-state index is 0.570. The lowest BCUT2D eigenvalue weighted by Gasteiger charge is -2.08. The third-order valence-electron chi connectivity index (χ3n) is 2.78. The fourth-order valence-corrected chi connectivity index (χ4v) is 1.90. The van der Waals surface area contributed by atoms with Crippen LogP contribution in [-0.2, 0) is 6.42 Å². The SMILES string of the molecule is CC(C)NCCc1ccc2ccccc2c1. The molecule has 2 rings (SSSR count). The highest BCUT2D eigenvalue weighted by atomic mass is 14.9. The maximum atomic E-state index is 3.44. The molecule has 0 heterocycles. The number of hydrogen-bond donors (Lipinski definition) is 1. The fourth-order valence-electron chi connectivity index (χ4n) is 1.90. The Labute approximate surface area is 97.5 Å². The largest absolute Gasteiger partial charge is 0.314 e. The summed E-state index contributed by atoms with van der Waals surface area (Å²) in [5, 5.41) is 6.10. The molecule has 0 amide bonds. The van der Waals surface area contributed by atoms with Crippen molar-refractivity contribution >= 4 is 10.8 Å². The first-order valence-corrected chi connectivity index (χ1v) is 5.97. The summed E-state index contributed by atoms with van der Waals surface area (Å²) >= 11 is 0. The molecule has 0 aliphatic carbocycles. The third kappa shape index (κ3) is 2.83. The summed E-state index contributed by atoms with van der Waals surface area (Å²) in [6.07, 6.45) is 1.10. The van der Waals surface area contributed by atoms with Gasteiger partial charge in [-0.25, -0.2) is 0 Å². The van der Waals surface area contributed by atoms with Gasteiger partial charge in [-0.1, -0.05) is 56.3 Å². The standard InChI is InChI=1S/C15H19N/c1-12(2)16-10-9-13-7-8-14-5-3-4-6-15(14)11-13/h3-8,11-12,16H,9-10H2,1-2H3. The molecule has 0 unspecified atom stereocenters. The van der Waals surface area contributed by atoms with Crippen LogP contribution in [0.15, 0.2) is 42.5 Å². The molecule has 2 aromatic carbocycles. The van der Waals surface area contributed by atoms with Crippen LogP contribution in [0.1, 0.15) is 19.4 Å². The number of nitrogens with one attached hydrogen (secondary N) is 1. The average molecular weight is 213 g/mol. The first kappa shape index (κ1) is 11.2. The Hall–Kier alpha value is -1.34. The van der Waals surface area contributed by atoms with Crippen LogP contribution in [0.25, 0.3) is 10.8 Å². The van der Waals surface area contributed by atoms with Crippen molar-refractivity contribution in [3.05, 3.63) is 48.0 Å². The molecule has 0 fully saturated rings. The van der Waals surface area contributed by atoms with Gasteiger partial charge in [-0.05, 0) is 29.3 Å². The van der Waals surface area contributed by atoms with Crippen molar-refractivity contribution in [2.24, 2.45) is 0 Å². The molecule has 84 valence electrons. The number of benzene rings is 2. The van der Waals surface area contributed by atoms with Crippen LogP contribution in [0.4, 0.5) is 0 Å². The summed E-state index contributed by atoms with van der Waals surface area (Å²) in [7, 11) is 0. The molecule has 2 aromatic rings. The van der Waals surface area contributed by atoms with Gasteiger partial charge in [0.15, 0.2) is 0 Å². The molecule has 0 spiro atoms. The fraction of sp³-hybridized carbons (Fsp3) is 0.333. The van der Waals surface area contributed by atoms with E-state index in [9.17, 15) is 0 Å². The highest BCUT2D eigenvalue weighted by molar-refractivity contribution is 5.82. The molecule has 1 nitrogen and oxygen atoms in total. The zero-order chi connectivity index (χ0) is 11.4.